The third kappa shape index (κ3) is 3.91. The van der Waals surface area contributed by atoms with Crippen molar-refractivity contribution in [2.45, 2.75) is 26.8 Å². The topological polar surface area (TPSA) is 62.7 Å². The molecule has 2 heterocycles. The molecule has 0 spiro atoms. The van der Waals surface area contributed by atoms with E-state index >= 15 is 0 Å². The summed E-state index contributed by atoms with van der Waals surface area (Å²) in [6.07, 6.45) is 4.66. The van der Waals surface area contributed by atoms with E-state index in [-0.39, 0.29) is 0 Å². The number of hydrogen-bond acceptors (Lipinski definition) is 5. The molecule has 0 aliphatic heterocycles. The zero-order chi connectivity index (χ0) is 13.5. The third-order valence-corrected chi connectivity index (χ3v) is 2.67. The number of aromatic nitrogens is 3. The highest BCUT2D eigenvalue weighted by atomic mass is 15.1. The maximum absolute atomic E-state index is 4.46. The molecular formula is C14H19N5. The number of nitrogens with zero attached hydrogens (tertiary/aromatic N) is 3. The molecule has 0 unspecified atom stereocenters. The minimum absolute atomic E-state index is 0.659. The van der Waals surface area contributed by atoms with Crippen LogP contribution in [-0.4, -0.2) is 21.5 Å². The molecule has 0 atom stereocenters. The van der Waals surface area contributed by atoms with Gasteiger partial charge in [0.05, 0.1) is 12.2 Å². The SMILES string of the molecule is CCCNc1ncc(C)c(NCc2ccccn2)n1. The van der Waals surface area contributed by atoms with Gasteiger partial charge in [-0.05, 0) is 25.5 Å². The predicted molar refractivity (Wildman–Crippen MR) is 77.1 cm³/mol. The van der Waals surface area contributed by atoms with Gasteiger partial charge >= 0.3 is 0 Å². The quantitative estimate of drug-likeness (QED) is 0.833. The Morgan fingerprint density at radius 1 is 1.16 bits per heavy atom. The van der Waals surface area contributed by atoms with Crippen LogP contribution >= 0.6 is 0 Å². The zero-order valence-corrected chi connectivity index (χ0v) is 11.3. The summed E-state index contributed by atoms with van der Waals surface area (Å²) in [4.78, 5) is 13.0. The first-order chi connectivity index (χ1) is 9.29. The maximum atomic E-state index is 4.46. The molecule has 0 saturated carbocycles. The first-order valence-electron chi connectivity index (χ1n) is 6.51. The number of anilines is 2. The van der Waals surface area contributed by atoms with E-state index in [1.807, 2.05) is 31.3 Å². The lowest BCUT2D eigenvalue weighted by Crippen LogP contribution is -2.09. The van der Waals surface area contributed by atoms with Gasteiger partial charge in [-0.25, -0.2) is 4.98 Å². The van der Waals surface area contributed by atoms with Crippen molar-refractivity contribution in [2.75, 3.05) is 17.2 Å². The highest BCUT2D eigenvalue weighted by Crippen LogP contribution is 2.13. The molecule has 100 valence electrons. The van der Waals surface area contributed by atoms with E-state index in [9.17, 15) is 0 Å². The second kappa shape index (κ2) is 6.68. The molecule has 5 heteroatoms. The molecule has 2 rings (SSSR count). The van der Waals surface area contributed by atoms with Crippen LogP contribution in [-0.2, 0) is 6.54 Å². The molecule has 2 N–H and O–H groups in total. The summed E-state index contributed by atoms with van der Waals surface area (Å²) in [5.74, 6) is 1.51. The summed E-state index contributed by atoms with van der Waals surface area (Å²) in [5, 5.41) is 6.47. The van der Waals surface area contributed by atoms with E-state index in [2.05, 4.69) is 32.5 Å². The fourth-order valence-electron chi connectivity index (χ4n) is 1.62. The van der Waals surface area contributed by atoms with Crippen LogP contribution in [0.15, 0.2) is 30.6 Å². The number of hydrogen-bond donors (Lipinski definition) is 2. The Bertz CT molecular complexity index is 512. The van der Waals surface area contributed by atoms with Crippen molar-refractivity contribution < 1.29 is 0 Å². The molecule has 0 aromatic carbocycles. The Morgan fingerprint density at radius 3 is 2.79 bits per heavy atom. The minimum atomic E-state index is 0.659. The van der Waals surface area contributed by atoms with E-state index in [1.165, 1.54) is 0 Å². The van der Waals surface area contributed by atoms with E-state index in [0.717, 1.165) is 30.0 Å². The second-order valence-electron chi connectivity index (χ2n) is 4.33. The van der Waals surface area contributed by atoms with Crippen molar-refractivity contribution in [1.29, 1.82) is 0 Å². The fourth-order valence-corrected chi connectivity index (χ4v) is 1.62. The van der Waals surface area contributed by atoms with Crippen LogP contribution in [0.3, 0.4) is 0 Å². The molecule has 19 heavy (non-hydrogen) atoms. The number of nitrogens with one attached hydrogen (secondary N) is 2. The molecule has 0 aliphatic carbocycles. The van der Waals surface area contributed by atoms with Gasteiger partial charge in [0.1, 0.15) is 5.82 Å². The average Bonchev–Trinajstić information content (AvgIpc) is 2.46. The largest absolute Gasteiger partial charge is 0.364 e. The van der Waals surface area contributed by atoms with E-state index in [0.29, 0.717) is 12.5 Å². The van der Waals surface area contributed by atoms with Gasteiger partial charge in [-0.2, -0.15) is 4.98 Å². The molecule has 0 amide bonds. The molecule has 2 aromatic rings. The summed E-state index contributed by atoms with van der Waals surface area (Å²) in [5.41, 5.74) is 2.02. The van der Waals surface area contributed by atoms with E-state index < -0.39 is 0 Å². The molecule has 0 radical (unpaired) electrons. The number of aryl methyl sites for hydroxylation is 1. The van der Waals surface area contributed by atoms with Crippen LogP contribution in [0.5, 0.6) is 0 Å². The summed E-state index contributed by atoms with van der Waals surface area (Å²) in [6.45, 7) is 5.64. The summed E-state index contributed by atoms with van der Waals surface area (Å²) >= 11 is 0. The predicted octanol–water partition coefficient (Wildman–Crippen LogP) is 2.61. The van der Waals surface area contributed by atoms with Crippen molar-refractivity contribution in [3.05, 3.63) is 41.9 Å². The first-order valence-corrected chi connectivity index (χ1v) is 6.51. The van der Waals surface area contributed by atoms with Gasteiger partial charge in [0.15, 0.2) is 0 Å². The molecule has 0 saturated heterocycles. The van der Waals surface area contributed by atoms with Gasteiger partial charge in [0.25, 0.3) is 0 Å². The van der Waals surface area contributed by atoms with Gasteiger partial charge in [0, 0.05) is 24.5 Å². The lowest BCUT2D eigenvalue weighted by atomic mass is 10.3. The van der Waals surface area contributed by atoms with Crippen LogP contribution in [0.2, 0.25) is 0 Å². The van der Waals surface area contributed by atoms with Gasteiger partial charge in [-0.3, -0.25) is 4.98 Å². The van der Waals surface area contributed by atoms with Gasteiger partial charge in [-0.15, -0.1) is 0 Å². The average molecular weight is 257 g/mol. The Kier molecular flexibility index (Phi) is 4.66. The van der Waals surface area contributed by atoms with Crippen LogP contribution in [0.25, 0.3) is 0 Å². The highest BCUT2D eigenvalue weighted by molar-refractivity contribution is 5.46. The van der Waals surface area contributed by atoms with Gasteiger partial charge in [-0.1, -0.05) is 13.0 Å². The fraction of sp³-hybridized carbons (Fsp3) is 0.357. The Balaban J connectivity index is 2.02. The lowest BCUT2D eigenvalue weighted by Gasteiger charge is -2.10. The van der Waals surface area contributed by atoms with E-state index in [1.54, 1.807) is 6.20 Å². The van der Waals surface area contributed by atoms with Crippen molar-refractivity contribution in [3.63, 3.8) is 0 Å². The Hall–Kier alpha value is -2.17. The maximum Gasteiger partial charge on any atom is 0.224 e. The molecule has 0 bridgehead atoms. The number of rotatable bonds is 6. The van der Waals surface area contributed by atoms with Gasteiger partial charge in [0.2, 0.25) is 5.95 Å². The van der Waals surface area contributed by atoms with Crippen molar-refractivity contribution in [1.82, 2.24) is 15.0 Å². The zero-order valence-electron chi connectivity index (χ0n) is 11.3. The third-order valence-electron chi connectivity index (χ3n) is 2.67. The van der Waals surface area contributed by atoms with Crippen LogP contribution in [0.1, 0.15) is 24.6 Å². The molecule has 5 nitrogen and oxygen atoms in total. The molecule has 0 fully saturated rings. The molecule has 2 aromatic heterocycles. The summed E-state index contributed by atoms with van der Waals surface area (Å²) < 4.78 is 0. The molecular weight excluding hydrogens is 238 g/mol. The van der Waals surface area contributed by atoms with Crippen LogP contribution in [0.4, 0.5) is 11.8 Å². The highest BCUT2D eigenvalue weighted by Gasteiger charge is 2.03. The Morgan fingerprint density at radius 2 is 2.05 bits per heavy atom. The van der Waals surface area contributed by atoms with Crippen LogP contribution < -0.4 is 10.6 Å². The lowest BCUT2D eigenvalue weighted by molar-refractivity contribution is 0.944. The van der Waals surface area contributed by atoms with Crippen LogP contribution in [0, 0.1) is 6.92 Å². The smallest absolute Gasteiger partial charge is 0.224 e. The molecule has 0 aliphatic rings. The van der Waals surface area contributed by atoms with Crippen molar-refractivity contribution in [3.8, 4) is 0 Å². The minimum Gasteiger partial charge on any atom is -0.364 e. The second-order valence-corrected chi connectivity index (χ2v) is 4.33. The monoisotopic (exact) mass is 257 g/mol. The summed E-state index contributed by atoms with van der Waals surface area (Å²) in [6, 6.07) is 5.87. The first kappa shape index (κ1) is 13.3. The van der Waals surface area contributed by atoms with Gasteiger partial charge < -0.3 is 10.6 Å². The number of pyridine rings is 1. The van der Waals surface area contributed by atoms with Crippen molar-refractivity contribution >= 4 is 11.8 Å². The van der Waals surface area contributed by atoms with Crippen molar-refractivity contribution in [2.24, 2.45) is 0 Å². The normalized spacial score (nSPS) is 10.2. The summed E-state index contributed by atoms with van der Waals surface area (Å²) in [7, 11) is 0. The van der Waals surface area contributed by atoms with E-state index in [4.69, 9.17) is 0 Å². The Labute approximate surface area is 113 Å². The standard InChI is InChI=1S/C14H19N5/c1-3-7-16-14-18-9-11(2)13(19-14)17-10-12-6-4-5-8-15-12/h4-6,8-9H,3,7,10H2,1-2H3,(H2,16,17,18,19).